The number of thiophene rings is 1. The molecule has 0 saturated carbocycles. The van der Waals surface area contributed by atoms with Crippen LogP contribution >= 0.6 is 11.3 Å². The molecule has 0 amide bonds. The third-order valence-electron chi connectivity index (χ3n) is 5.27. The van der Waals surface area contributed by atoms with Gasteiger partial charge < -0.3 is 9.30 Å². The zero-order valence-electron chi connectivity index (χ0n) is 19.1. The summed E-state index contributed by atoms with van der Waals surface area (Å²) in [5.41, 5.74) is 1.65. The standard InChI is InChI=1S/C25H22F2N2O4S2/c1-4-35(31,32)28-17-7-9-22(33-23-8-6-16(26)11-21(23)27)18(12-17)20-14-29(3)25(30)13-19(20)24-10-5-15(2)34-24/h5-14,28H,4H2,1-3H3. The molecule has 35 heavy (non-hydrogen) atoms. The number of hydrogen-bond acceptors (Lipinski definition) is 5. The second kappa shape index (κ2) is 9.63. The van der Waals surface area contributed by atoms with Gasteiger partial charge in [-0.15, -0.1) is 11.3 Å². The molecule has 0 bridgehead atoms. The fraction of sp³-hybridized carbons (Fsp3) is 0.160. The average molecular weight is 517 g/mol. The summed E-state index contributed by atoms with van der Waals surface area (Å²) in [6.45, 7) is 3.46. The smallest absolute Gasteiger partial charge is 0.250 e. The molecule has 2 heterocycles. The van der Waals surface area contributed by atoms with Crippen molar-refractivity contribution in [1.29, 1.82) is 0 Å². The first kappa shape index (κ1) is 24.6. The van der Waals surface area contributed by atoms with Gasteiger partial charge in [-0.1, -0.05) is 0 Å². The monoisotopic (exact) mass is 516 g/mol. The Balaban J connectivity index is 1.95. The van der Waals surface area contributed by atoms with Crippen molar-refractivity contribution in [2.45, 2.75) is 13.8 Å². The highest BCUT2D eigenvalue weighted by atomic mass is 32.2. The van der Waals surface area contributed by atoms with E-state index < -0.39 is 21.7 Å². The molecule has 2 aromatic heterocycles. The lowest BCUT2D eigenvalue weighted by Gasteiger charge is -2.17. The van der Waals surface area contributed by atoms with E-state index in [9.17, 15) is 22.0 Å². The van der Waals surface area contributed by atoms with E-state index in [1.54, 1.807) is 19.3 Å². The number of hydrogen-bond donors (Lipinski definition) is 1. The topological polar surface area (TPSA) is 77.4 Å². The lowest BCUT2D eigenvalue weighted by atomic mass is 9.99. The summed E-state index contributed by atoms with van der Waals surface area (Å²) in [6.07, 6.45) is 1.62. The minimum atomic E-state index is -3.57. The quantitative estimate of drug-likeness (QED) is 0.331. The molecule has 4 aromatic rings. The maximum Gasteiger partial charge on any atom is 0.250 e. The van der Waals surface area contributed by atoms with Crippen LogP contribution in [0.5, 0.6) is 11.5 Å². The molecule has 0 radical (unpaired) electrons. The summed E-state index contributed by atoms with van der Waals surface area (Å²) < 4.78 is 61.9. The molecule has 4 rings (SSSR count). The van der Waals surface area contributed by atoms with Crippen molar-refractivity contribution >= 4 is 27.0 Å². The lowest BCUT2D eigenvalue weighted by molar-refractivity contribution is 0.439. The largest absolute Gasteiger partial charge is 0.454 e. The van der Waals surface area contributed by atoms with E-state index >= 15 is 0 Å². The van der Waals surface area contributed by atoms with Crippen molar-refractivity contribution in [2.75, 3.05) is 10.5 Å². The van der Waals surface area contributed by atoms with Crippen LogP contribution in [0.3, 0.4) is 0 Å². The number of aryl methyl sites for hydroxylation is 2. The summed E-state index contributed by atoms with van der Waals surface area (Å²) in [5, 5.41) is 0. The second-order valence-electron chi connectivity index (χ2n) is 7.85. The Kier molecular flexibility index (Phi) is 6.77. The number of benzene rings is 2. The molecular formula is C25H22F2N2O4S2. The predicted octanol–water partition coefficient (Wildman–Crippen LogP) is 5.92. The van der Waals surface area contributed by atoms with Gasteiger partial charge in [0.1, 0.15) is 11.6 Å². The predicted molar refractivity (Wildman–Crippen MR) is 135 cm³/mol. The maximum atomic E-state index is 14.4. The van der Waals surface area contributed by atoms with Gasteiger partial charge in [-0.25, -0.2) is 17.2 Å². The summed E-state index contributed by atoms with van der Waals surface area (Å²) in [5.74, 6) is -1.76. The number of sulfonamides is 1. The van der Waals surface area contributed by atoms with Gasteiger partial charge in [0.25, 0.3) is 5.56 Å². The van der Waals surface area contributed by atoms with Gasteiger partial charge in [0.15, 0.2) is 11.6 Å². The number of nitrogens with zero attached hydrogens (tertiary/aromatic N) is 1. The van der Waals surface area contributed by atoms with Gasteiger partial charge >= 0.3 is 0 Å². The Bertz CT molecular complexity index is 1580. The highest BCUT2D eigenvalue weighted by Crippen LogP contribution is 2.42. The number of anilines is 1. The van der Waals surface area contributed by atoms with Crippen LogP contribution < -0.4 is 15.0 Å². The van der Waals surface area contributed by atoms with Crippen molar-refractivity contribution in [3.63, 3.8) is 0 Å². The summed E-state index contributed by atoms with van der Waals surface area (Å²) in [4.78, 5) is 14.4. The van der Waals surface area contributed by atoms with Crippen LogP contribution in [0.4, 0.5) is 14.5 Å². The molecule has 0 spiro atoms. The van der Waals surface area contributed by atoms with E-state index in [0.29, 0.717) is 22.8 Å². The number of halogens is 2. The van der Waals surface area contributed by atoms with Crippen LogP contribution in [-0.4, -0.2) is 18.7 Å². The maximum absolute atomic E-state index is 14.4. The molecule has 0 fully saturated rings. The zero-order valence-corrected chi connectivity index (χ0v) is 20.8. The molecule has 2 aromatic carbocycles. The van der Waals surface area contributed by atoms with Crippen molar-refractivity contribution in [2.24, 2.45) is 7.05 Å². The molecule has 0 saturated heterocycles. The first-order valence-electron chi connectivity index (χ1n) is 10.6. The molecule has 6 nitrogen and oxygen atoms in total. The molecule has 0 unspecified atom stereocenters. The van der Waals surface area contributed by atoms with E-state index in [0.717, 1.165) is 15.8 Å². The van der Waals surface area contributed by atoms with Crippen LogP contribution in [0.2, 0.25) is 0 Å². The van der Waals surface area contributed by atoms with E-state index in [1.807, 2.05) is 19.1 Å². The Hall–Kier alpha value is -3.50. The Morgan fingerprint density at radius 3 is 2.37 bits per heavy atom. The van der Waals surface area contributed by atoms with E-state index in [4.69, 9.17) is 4.74 Å². The SMILES string of the molecule is CCS(=O)(=O)Nc1ccc(Oc2ccc(F)cc2F)c(-c2cn(C)c(=O)cc2-c2ccc(C)s2)c1. The van der Waals surface area contributed by atoms with E-state index in [2.05, 4.69) is 4.72 Å². The summed E-state index contributed by atoms with van der Waals surface area (Å²) >= 11 is 1.49. The molecule has 10 heteroatoms. The molecule has 0 aliphatic carbocycles. The Morgan fingerprint density at radius 2 is 1.71 bits per heavy atom. The molecule has 0 aliphatic rings. The van der Waals surface area contributed by atoms with Crippen molar-refractivity contribution in [3.05, 3.63) is 87.7 Å². The molecule has 182 valence electrons. The van der Waals surface area contributed by atoms with E-state index in [1.165, 1.54) is 47.1 Å². The van der Waals surface area contributed by atoms with E-state index in [-0.39, 0.29) is 28.5 Å². The second-order valence-corrected chi connectivity index (χ2v) is 11.2. The normalized spacial score (nSPS) is 11.5. The van der Waals surface area contributed by atoms with Crippen LogP contribution in [0.15, 0.2) is 65.6 Å². The van der Waals surface area contributed by atoms with Gasteiger partial charge in [0.2, 0.25) is 10.0 Å². The first-order chi connectivity index (χ1) is 16.6. The van der Waals surface area contributed by atoms with Crippen molar-refractivity contribution in [1.82, 2.24) is 4.57 Å². The molecule has 0 atom stereocenters. The minimum absolute atomic E-state index is 0.124. The van der Waals surface area contributed by atoms with Crippen LogP contribution in [0.25, 0.3) is 21.6 Å². The fourth-order valence-corrected chi connectivity index (χ4v) is 4.98. The minimum Gasteiger partial charge on any atom is -0.454 e. The Labute approximate surface area is 205 Å². The summed E-state index contributed by atoms with van der Waals surface area (Å²) in [6, 6.07) is 12.8. The number of ether oxygens (including phenoxy) is 1. The van der Waals surface area contributed by atoms with Gasteiger partial charge in [0, 0.05) is 57.5 Å². The van der Waals surface area contributed by atoms with Crippen LogP contribution in [0.1, 0.15) is 11.8 Å². The zero-order chi connectivity index (χ0) is 25.3. The number of nitrogens with one attached hydrogen (secondary N) is 1. The molecular weight excluding hydrogens is 494 g/mol. The Morgan fingerprint density at radius 1 is 0.971 bits per heavy atom. The fourth-order valence-electron chi connectivity index (χ4n) is 3.45. The van der Waals surface area contributed by atoms with Crippen molar-refractivity contribution in [3.8, 4) is 33.1 Å². The highest BCUT2D eigenvalue weighted by Gasteiger charge is 2.19. The van der Waals surface area contributed by atoms with Gasteiger partial charge in [-0.2, -0.15) is 0 Å². The molecule has 0 aliphatic heterocycles. The van der Waals surface area contributed by atoms with Crippen LogP contribution in [-0.2, 0) is 17.1 Å². The average Bonchev–Trinajstić information content (AvgIpc) is 3.24. The van der Waals surface area contributed by atoms with Gasteiger partial charge in [-0.05, 0) is 56.3 Å². The first-order valence-corrected chi connectivity index (χ1v) is 13.1. The van der Waals surface area contributed by atoms with Gasteiger partial charge in [-0.3, -0.25) is 9.52 Å². The summed E-state index contributed by atoms with van der Waals surface area (Å²) in [7, 11) is -1.98. The molecule has 1 N–H and O–H groups in total. The number of pyridine rings is 1. The third-order valence-corrected chi connectivity index (χ3v) is 7.61. The van der Waals surface area contributed by atoms with Crippen molar-refractivity contribution < 1.29 is 21.9 Å². The van der Waals surface area contributed by atoms with Gasteiger partial charge in [0.05, 0.1) is 5.75 Å². The highest BCUT2D eigenvalue weighted by molar-refractivity contribution is 7.92. The third kappa shape index (κ3) is 5.44. The van der Waals surface area contributed by atoms with Crippen LogP contribution in [0, 0.1) is 18.6 Å². The lowest BCUT2D eigenvalue weighted by Crippen LogP contribution is -2.16. The number of aromatic nitrogens is 1. The number of rotatable bonds is 7.